The van der Waals surface area contributed by atoms with Crippen molar-refractivity contribution in [3.8, 4) is 28.5 Å². The molecular formula is C24H15ClN2S. The van der Waals surface area contributed by atoms with Gasteiger partial charge in [-0.05, 0) is 34.9 Å². The maximum absolute atomic E-state index is 9.56. The number of halogens is 1. The highest BCUT2D eigenvalue weighted by Crippen LogP contribution is 2.29. The predicted molar refractivity (Wildman–Crippen MR) is 118 cm³/mol. The fourth-order valence-electron chi connectivity index (χ4n) is 2.86. The van der Waals surface area contributed by atoms with Crippen LogP contribution in [0.4, 0.5) is 0 Å². The number of aromatic nitrogens is 1. The molecule has 0 unspecified atom stereocenters. The number of nitrogens with zero attached hydrogens (tertiary/aromatic N) is 2. The quantitative estimate of drug-likeness (QED) is 0.341. The van der Waals surface area contributed by atoms with E-state index in [9.17, 15) is 5.26 Å². The molecule has 0 aliphatic carbocycles. The summed E-state index contributed by atoms with van der Waals surface area (Å²) in [5.74, 6) is 0. The first-order valence-corrected chi connectivity index (χ1v) is 9.98. The Morgan fingerprint density at radius 2 is 1.50 bits per heavy atom. The third kappa shape index (κ3) is 4.04. The van der Waals surface area contributed by atoms with Crippen molar-refractivity contribution in [3.63, 3.8) is 0 Å². The summed E-state index contributed by atoms with van der Waals surface area (Å²) in [5, 5.41) is 12.9. The molecule has 0 saturated carbocycles. The Morgan fingerprint density at radius 1 is 0.857 bits per heavy atom. The fourth-order valence-corrected chi connectivity index (χ4v) is 3.78. The normalized spacial score (nSPS) is 11.2. The topological polar surface area (TPSA) is 36.7 Å². The fraction of sp³-hybridized carbons (Fsp3) is 0. The average Bonchev–Trinajstić information content (AvgIpc) is 3.24. The van der Waals surface area contributed by atoms with Crippen molar-refractivity contribution in [2.45, 2.75) is 0 Å². The molecule has 0 spiro atoms. The lowest BCUT2D eigenvalue weighted by Crippen LogP contribution is -1.84. The van der Waals surface area contributed by atoms with E-state index < -0.39 is 0 Å². The molecule has 134 valence electrons. The zero-order valence-corrected chi connectivity index (χ0v) is 16.4. The molecule has 0 aliphatic heterocycles. The van der Waals surface area contributed by atoms with E-state index >= 15 is 0 Å². The van der Waals surface area contributed by atoms with Gasteiger partial charge in [-0.2, -0.15) is 5.26 Å². The van der Waals surface area contributed by atoms with Crippen LogP contribution in [0.2, 0.25) is 5.02 Å². The van der Waals surface area contributed by atoms with E-state index in [-0.39, 0.29) is 0 Å². The van der Waals surface area contributed by atoms with E-state index in [0.29, 0.717) is 15.6 Å². The number of hydrogen-bond acceptors (Lipinski definition) is 3. The highest BCUT2D eigenvalue weighted by Gasteiger charge is 2.09. The van der Waals surface area contributed by atoms with Crippen LogP contribution in [0, 0.1) is 11.3 Å². The van der Waals surface area contributed by atoms with Crippen LogP contribution in [0.5, 0.6) is 0 Å². The molecule has 0 atom stereocenters. The van der Waals surface area contributed by atoms with Crippen LogP contribution < -0.4 is 0 Å². The first kappa shape index (κ1) is 18.2. The third-order valence-electron chi connectivity index (χ3n) is 4.32. The standard InChI is InChI=1S/C24H15ClN2S/c25-22-12-6-17(7-13-22)14-21(15-26)24-27-23(16-28-24)20-10-8-19(9-11-20)18-4-2-1-3-5-18/h1-14,16H/b21-14-. The Labute approximate surface area is 173 Å². The molecular weight excluding hydrogens is 384 g/mol. The Morgan fingerprint density at radius 3 is 2.18 bits per heavy atom. The van der Waals surface area contributed by atoms with Gasteiger partial charge in [0.05, 0.1) is 11.3 Å². The molecule has 0 bridgehead atoms. The van der Waals surface area contributed by atoms with Gasteiger partial charge in [-0.1, -0.05) is 78.3 Å². The van der Waals surface area contributed by atoms with Crippen LogP contribution in [0.3, 0.4) is 0 Å². The minimum atomic E-state index is 0.541. The molecule has 2 nitrogen and oxygen atoms in total. The molecule has 3 aromatic carbocycles. The maximum atomic E-state index is 9.56. The van der Waals surface area contributed by atoms with Gasteiger partial charge in [0.15, 0.2) is 0 Å². The van der Waals surface area contributed by atoms with Crippen LogP contribution in [0.1, 0.15) is 10.6 Å². The second kappa shape index (κ2) is 8.22. The third-order valence-corrected chi connectivity index (χ3v) is 5.45. The molecule has 0 fully saturated rings. The van der Waals surface area contributed by atoms with Gasteiger partial charge in [-0.3, -0.25) is 0 Å². The van der Waals surface area contributed by atoms with Crippen molar-refractivity contribution in [2.24, 2.45) is 0 Å². The maximum Gasteiger partial charge on any atom is 0.134 e. The summed E-state index contributed by atoms with van der Waals surface area (Å²) in [5.41, 5.74) is 5.72. The lowest BCUT2D eigenvalue weighted by atomic mass is 10.0. The van der Waals surface area contributed by atoms with E-state index in [4.69, 9.17) is 11.6 Å². The minimum Gasteiger partial charge on any atom is -0.235 e. The van der Waals surface area contributed by atoms with Gasteiger partial charge in [0.2, 0.25) is 0 Å². The van der Waals surface area contributed by atoms with Crippen molar-refractivity contribution >= 4 is 34.6 Å². The van der Waals surface area contributed by atoms with Gasteiger partial charge in [-0.25, -0.2) is 4.98 Å². The summed E-state index contributed by atoms with van der Waals surface area (Å²) in [4.78, 5) is 4.67. The van der Waals surface area contributed by atoms with Gasteiger partial charge >= 0.3 is 0 Å². The minimum absolute atomic E-state index is 0.541. The molecule has 0 aliphatic rings. The first-order chi connectivity index (χ1) is 13.7. The number of rotatable bonds is 4. The monoisotopic (exact) mass is 398 g/mol. The molecule has 0 N–H and O–H groups in total. The van der Waals surface area contributed by atoms with Crippen LogP contribution in [0.15, 0.2) is 84.2 Å². The Bertz CT molecular complexity index is 1150. The zero-order chi connectivity index (χ0) is 19.3. The van der Waals surface area contributed by atoms with Crippen molar-refractivity contribution in [1.29, 1.82) is 5.26 Å². The van der Waals surface area contributed by atoms with Gasteiger partial charge in [-0.15, -0.1) is 11.3 Å². The van der Waals surface area contributed by atoms with Crippen LogP contribution in [-0.4, -0.2) is 4.98 Å². The van der Waals surface area contributed by atoms with Gasteiger partial charge in [0.1, 0.15) is 11.1 Å². The van der Waals surface area contributed by atoms with Crippen molar-refractivity contribution in [2.75, 3.05) is 0 Å². The van der Waals surface area contributed by atoms with E-state index in [0.717, 1.165) is 16.8 Å². The zero-order valence-electron chi connectivity index (χ0n) is 14.8. The predicted octanol–water partition coefficient (Wildman–Crippen LogP) is 7.19. The Balaban J connectivity index is 1.60. The van der Waals surface area contributed by atoms with Gasteiger partial charge in [0, 0.05) is 16.0 Å². The molecule has 0 radical (unpaired) electrons. The molecule has 28 heavy (non-hydrogen) atoms. The van der Waals surface area contributed by atoms with Crippen LogP contribution in [-0.2, 0) is 0 Å². The number of thiazole rings is 1. The molecule has 0 amide bonds. The van der Waals surface area contributed by atoms with E-state index in [1.807, 2.05) is 53.9 Å². The highest BCUT2D eigenvalue weighted by atomic mass is 35.5. The first-order valence-electron chi connectivity index (χ1n) is 8.72. The molecule has 4 rings (SSSR count). The molecule has 4 aromatic rings. The summed E-state index contributed by atoms with van der Waals surface area (Å²) in [6.07, 6.45) is 1.83. The summed E-state index contributed by atoms with van der Waals surface area (Å²) in [7, 11) is 0. The lowest BCUT2D eigenvalue weighted by Gasteiger charge is -2.02. The highest BCUT2D eigenvalue weighted by molar-refractivity contribution is 7.11. The number of nitriles is 1. The van der Waals surface area contributed by atoms with Gasteiger partial charge in [0.25, 0.3) is 0 Å². The Hall–Kier alpha value is -3.19. The second-order valence-corrected chi connectivity index (χ2v) is 7.50. The summed E-state index contributed by atoms with van der Waals surface area (Å²) >= 11 is 7.40. The van der Waals surface area contributed by atoms with E-state index in [1.165, 1.54) is 22.5 Å². The average molecular weight is 399 g/mol. The number of benzene rings is 3. The lowest BCUT2D eigenvalue weighted by molar-refractivity contribution is 1.37. The Kier molecular flexibility index (Phi) is 5.34. The van der Waals surface area contributed by atoms with Crippen LogP contribution in [0.25, 0.3) is 34.0 Å². The van der Waals surface area contributed by atoms with E-state index in [2.05, 4.69) is 47.5 Å². The summed E-state index contributed by atoms with van der Waals surface area (Å²) in [6.45, 7) is 0. The van der Waals surface area contributed by atoms with Crippen molar-refractivity contribution in [1.82, 2.24) is 4.98 Å². The molecule has 1 aromatic heterocycles. The largest absolute Gasteiger partial charge is 0.235 e. The number of allylic oxidation sites excluding steroid dienone is 1. The summed E-state index contributed by atoms with van der Waals surface area (Å²) < 4.78 is 0. The smallest absolute Gasteiger partial charge is 0.134 e. The van der Waals surface area contributed by atoms with Crippen molar-refractivity contribution < 1.29 is 0 Å². The molecule has 1 heterocycles. The second-order valence-electron chi connectivity index (χ2n) is 6.20. The van der Waals surface area contributed by atoms with E-state index in [1.54, 1.807) is 0 Å². The van der Waals surface area contributed by atoms with Crippen LogP contribution >= 0.6 is 22.9 Å². The summed E-state index contributed by atoms with van der Waals surface area (Å²) in [6, 6.07) is 28.2. The molecule has 4 heteroatoms. The molecule has 0 saturated heterocycles. The number of hydrogen-bond donors (Lipinski definition) is 0. The van der Waals surface area contributed by atoms with Gasteiger partial charge < -0.3 is 0 Å². The van der Waals surface area contributed by atoms with Crippen molar-refractivity contribution in [3.05, 3.63) is 99.8 Å². The SMILES string of the molecule is N#C/C(=C/c1ccc(Cl)cc1)c1nc(-c2ccc(-c3ccccc3)cc2)cs1.